The Labute approximate surface area is 125 Å². The summed E-state index contributed by atoms with van der Waals surface area (Å²) in [5.74, 6) is 0. The molecule has 0 aliphatic rings. The normalized spacial score (nSPS) is 9.09. The molecule has 2 aromatic carbocycles. The van der Waals surface area contributed by atoms with Gasteiger partial charge < -0.3 is 10.6 Å². The van der Waals surface area contributed by atoms with Gasteiger partial charge in [0.05, 0.1) is 22.7 Å². The van der Waals surface area contributed by atoms with E-state index in [1.807, 2.05) is 0 Å². The molecule has 0 fully saturated rings. The molecule has 108 valence electrons. The van der Waals surface area contributed by atoms with E-state index in [4.69, 9.17) is 0 Å². The highest BCUT2D eigenvalue weighted by Crippen LogP contribution is 2.26. The first-order valence-electron chi connectivity index (χ1n) is 6.16. The largest absolute Gasteiger partial charge is 0.323 e. The molecule has 7 nitrogen and oxygen atoms in total. The highest BCUT2D eigenvalue weighted by Gasteiger charge is 2.08. The van der Waals surface area contributed by atoms with E-state index in [-0.39, 0.29) is 11.4 Å². The van der Waals surface area contributed by atoms with E-state index in [0.29, 0.717) is 11.4 Å². The van der Waals surface area contributed by atoms with E-state index in [1.165, 1.54) is 12.2 Å². The molecular weight excluding hydrogens is 284 g/mol. The monoisotopic (exact) mass is 294 g/mol. The van der Waals surface area contributed by atoms with Crippen molar-refractivity contribution in [1.29, 1.82) is 0 Å². The Morgan fingerprint density at radius 2 is 1.18 bits per heavy atom. The van der Waals surface area contributed by atoms with Crippen LogP contribution in [0.1, 0.15) is 0 Å². The molecule has 0 atom stereocenters. The first-order valence-corrected chi connectivity index (χ1v) is 6.16. The lowest BCUT2D eigenvalue weighted by molar-refractivity contribution is 0.262. The third-order valence-electron chi connectivity index (χ3n) is 2.64. The van der Waals surface area contributed by atoms with Crippen molar-refractivity contribution < 1.29 is 14.4 Å². The molecule has 2 amide bonds. The minimum absolute atomic E-state index is 0.284. The first kappa shape index (κ1) is 14.9. The Morgan fingerprint density at radius 1 is 0.773 bits per heavy atom. The first-order chi connectivity index (χ1) is 10.7. The lowest BCUT2D eigenvalue weighted by atomic mass is 10.2. The molecule has 7 heteroatoms. The molecule has 22 heavy (non-hydrogen) atoms. The van der Waals surface area contributed by atoms with Gasteiger partial charge in [-0.2, -0.15) is 9.98 Å². The smallest absolute Gasteiger partial charge is 0.306 e. The molecule has 2 N–H and O–H groups in total. The predicted octanol–water partition coefficient (Wildman–Crippen LogP) is 3.27. The number of nitrogens with one attached hydrogen (secondary N) is 2. The Morgan fingerprint density at radius 3 is 1.59 bits per heavy atom. The molecule has 0 bridgehead atoms. The number of benzene rings is 2. The Kier molecular flexibility index (Phi) is 4.94. The molecule has 0 aliphatic carbocycles. The van der Waals surface area contributed by atoms with Crippen LogP contribution in [0.3, 0.4) is 0 Å². The molecule has 0 spiro atoms. The number of carbonyl (C=O) groups excluding carboxylic acids is 3. The molecule has 0 saturated heterocycles. The maximum atomic E-state index is 12.0. The van der Waals surface area contributed by atoms with Crippen molar-refractivity contribution in [1.82, 2.24) is 0 Å². The third-order valence-corrected chi connectivity index (χ3v) is 2.64. The standard InChI is InChI=1S/C15H10N4O3/c20-9-16-11-5-1-3-7-13(11)18-15(22)19-14-8-4-2-6-12(14)17-10-21/h1-8H,(H2,18,19,22). The van der Waals surface area contributed by atoms with Gasteiger partial charge in [-0.15, -0.1) is 0 Å². The quantitative estimate of drug-likeness (QED) is 0.668. The maximum absolute atomic E-state index is 12.0. The minimum atomic E-state index is -0.568. The molecule has 0 heterocycles. The second-order valence-electron chi connectivity index (χ2n) is 4.02. The van der Waals surface area contributed by atoms with E-state index in [1.54, 1.807) is 48.5 Å². The van der Waals surface area contributed by atoms with Gasteiger partial charge in [0.1, 0.15) is 0 Å². The van der Waals surface area contributed by atoms with Gasteiger partial charge in [0, 0.05) is 0 Å². The molecule has 0 aromatic heterocycles. The van der Waals surface area contributed by atoms with Gasteiger partial charge in [0.15, 0.2) is 0 Å². The summed E-state index contributed by atoms with van der Waals surface area (Å²) in [4.78, 5) is 39.7. The van der Waals surface area contributed by atoms with Crippen LogP contribution in [-0.2, 0) is 9.59 Å². The van der Waals surface area contributed by atoms with Crippen LogP contribution < -0.4 is 10.6 Å². The van der Waals surface area contributed by atoms with Crippen LogP contribution in [0.5, 0.6) is 0 Å². The summed E-state index contributed by atoms with van der Waals surface area (Å²) in [6.45, 7) is 0. The summed E-state index contributed by atoms with van der Waals surface area (Å²) >= 11 is 0. The van der Waals surface area contributed by atoms with Crippen LogP contribution in [0, 0.1) is 0 Å². The average Bonchev–Trinajstić information content (AvgIpc) is 2.52. The zero-order chi connectivity index (χ0) is 15.8. The number of amides is 2. The maximum Gasteiger partial charge on any atom is 0.323 e. The van der Waals surface area contributed by atoms with Crippen LogP contribution in [0.4, 0.5) is 27.5 Å². The van der Waals surface area contributed by atoms with Crippen molar-refractivity contribution in [3.8, 4) is 0 Å². The topological polar surface area (TPSA) is 100.0 Å². The van der Waals surface area contributed by atoms with E-state index < -0.39 is 6.03 Å². The number of aliphatic imine (C=N–C) groups is 2. The van der Waals surface area contributed by atoms with Crippen LogP contribution in [0.2, 0.25) is 0 Å². The summed E-state index contributed by atoms with van der Waals surface area (Å²) in [5, 5.41) is 5.10. The highest BCUT2D eigenvalue weighted by molar-refractivity contribution is 6.03. The number of urea groups is 1. The van der Waals surface area contributed by atoms with Crippen molar-refractivity contribution in [2.24, 2.45) is 9.98 Å². The van der Waals surface area contributed by atoms with Crippen LogP contribution in [0.25, 0.3) is 0 Å². The number of para-hydroxylation sites is 4. The second-order valence-corrected chi connectivity index (χ2v) is 4.02. The molecule has 0 radical (unpaired) electrons. The van der Waals surface area contributed by atoms with E-state index in [2.05, 4.69) is 20.6 Å². The number of hydrogen-bond acceptors (Lipinski definition) is 5. The lowest BCUT2D eigenvalue weighted by Gasteiger charge is -2.10. The second kappa shape index (κ2) is 7.31. The zero-order valence-corrected chi connectivity index (χ0v) is 11.2. The van der Waals surface area contributed by atoms with E-state index in [9.17, 15) is 14.4 Å². The third kappa shape index (κ3) is 3.74. The van der Waals surface area contributed by atoms with Crippen molar-refractivity contribution >= 4 is 40.9 Å². The van der Waals surface area contributed by atoms with Gasteiger partial charge in [0.25, 0.3) is 0 Å². The summed E-state index contributed by atoms with van der Waals surface area (Å²) < 4.78 is 0. The number of carbonyl (C=O) groups is 1. The van der Waals surface area contributed by atoms with Crippen molar-refractivity contribution in [2.45, 2.75) is 0 Å². The molecule has 0 unspecified atom stereocenters. The van der Waals surface area contributed by atoms with Crippen molar-refractivity contribution in [2.75, 3.05) is 10.6 Å². The lowest BCUT2D eigenvalue weighted by Crippen LogP contribution is -2.19. The van der Waals surface area contributed by atoms with Crippen LogP contribution in [0.15, 0.2) is 58.5 Å². The molecule has 2 rings (SSSR count). The van der Waals surface area contributed by atoms with Gasteiger partial charge in [-0.3, -0.25) is 0 Å². The van der Waals surface area contributed by atoms with E-state index >= 15 is 0 Å². The van der Waals surface area contributed by atoms with Gasteiger partial charge in [0.2, 0.25) is 12.2 Å². The van der Waals surface area contributed by atoms with Gasteiger partial charge >= 0.3 is 6.03 Å². The number of rotatable bonds is 4. The van der Waals surface area contributed by atoms with Gasteiger partial charge in [-0.05, 0) is 24.3 Å². The summed E-state index contributed by atoms with van der Waals surface area (Å²) in [7, 11) is 0. The summed E-state index contributed by atoms with van der Waals surface area (Å²) in [5.41, 5.74) is 1.26. The number of nitrogens with zero attached hydrogens (tertiary/aromatic N) is 2. The van der Waals surface area contributed by atoms with Crippen LogP contribution >= 0.6 is 0 Å². The SMILES string of the molecule is O=C=Nc1ccccc1NC(=O)Nc1ccccc1N=C=O. The number of hydrogen-bond donors (Lipinski definition) is 2. The predicted molar refractivity (Wildman–Crippen MR) is 81.1 cm³/mol. The van der Waals surface area contributed by atoms with E-state index in [0.717, 1.165) is 0 Å². The molecular formula is C15H10N4O3. The average molecular weight is 294 g/mol. The Hall–Kier alpha value is -3.53. The van der Waals surface area contributed by atoms with Crippen LogP contribution in [-0.4, -0.2) is 18.2 Å². The fourth-order valence-electron chi connectivity index (χ4n) is 1.73. The van der Waals surface area contributed by atoms with Crippen molar-refractivity contribution in [3.05, 3.63) is 48.5 Å². The summed E-state index contributed by atoms with van der Waals surface area (Å²) in [6, 6.07) is 12.4. The summed E-state index contributed by atoms with van der Waals surface area (Å²) in [6.07, 6.45) is 2.84. The van der Waals surface area contributed by atoms with Gasteiger partial charge in [-0.1, -0.05) is 24.3 Å². The molecule has 0 aliphatic heterocycles. The number of anilines is 2. The Balaban J connectivity index is 2.18. The fraction of sp³-hybridized carbons (Fsp3) is 0. The molecule has 2 aromatic rings. The van der Waals surface area contributed by atoms with Crippen molar-refractivity contribution in [3.63, 3.8) is 0 Å². The Bertz CT molecular complexity index is 725. The number of isocyanates is 2. The highest BCUT2D eigenvalue weighted by atomic mass is 16.2. The fourth-order valence-corrected chi connectivity index (χ4v) is 1.73. The zero-order valence-electron chi connectivity index (χ0n) is 11.2. The van der Waals surface area contributed by atoms with Gasteiger partial charge in [-0.25, -0.2) is 14.4 Å². The molecule has 0 saturated carbocycles. The minimum Gasteiger partial charge on any atom is -0.306 e.